The smallest absolute Gasteiger partial charge is 0.153 e. The number of benzene rings is 2. The summed E-state index contributed by atoms with van der Waals surface area (Å²) in [5, 5.41) is 0.606. The number of rotatable bonds is 4. The Labute approximate surface area is 116 Å². The second kappa shape index (κ2) is 6.12. The standard InChI is InChI=1S/C16H11ClO2/c17-15-8-6-13(7-9-15)16(14(10-18)11-19)12-4-2-1-3-5-12/h1-11H. The van der Waals surface area contributed by atoms with Crippen LogP contribution in [0.2, 0.25) is 5.02 Å². The highest BCUT2D eigenvalue weighted by Crippen LogP contribution is 2.26. The van der Waals surface area contributed by atoms with Crippen LogP contribution in [0.4, 0.5) is 0 Å². The normalized spacial score (nSPS) is 9.74. The Kier molecular flexibility index (Phi) is 4.26. The molecule has 2 aromatic carbocycles. The fourth-order valence-corrected chi connectivity index (χ4v) is 1.99. The molecule has 3 heteroatoms. The molecule has 0 unspecified atom stereocenters. The second-order valence-electron chi connectivity index (χ2n) is 3.94. The van der Waals surface area contributed by atoms with Gasteiger partial charge in [0.15, 0.2) is 12.6 Å². The van der Waals surface area contributed by atoms with E-state index in [2.05, 4.69) is 0 Å². The molecule has 2 rings (SSSR count). The third-order valence-electron chi connectivity index (χ3n) is 2.74. The van der Waals surface area contributed by atoms with Gasteiger partial charge in [0.1, 0.15) is 0 Å². The molecular weight excluding hydrogens is 260 g/mol. The van der Waals surface area contributed by atoms with Gasteiger partial charge < -0.3 is 0 Å². The summed E-state index contributed by atoms with van der Waals surface area (Å²) in [6.07, 6.45) is 1.15. The monoisotopic (exact) mass is 270 g/mol. The zero-order chi connectivity index (χ0) is 13.7. The zero-order valence-corrected chi connectivity index (χ0v) is 10.8. The first kappa shape index (κ1) is 13.2. The number of aldehydes is 2. The van der Waals surface area contributed by atoms with E-state index in [0.717, 1.165) is 11.1 Å². The van der Waals surface area contributed by atoms with E-state index in [-0.39, 0.29) is 5.57 Å². The van der Waals surface area contributed by atoms with Crippen molar-refractivity contribution >= 4 is 29.7 Å². The van der Waals surface area contributed by atoms with Crippen molar-refractivity contribution < 1.29 is 9.59 Å². The summed E-state index contributed by atoms with van der Waals surface area (Å²) in [5.41, 5.74) is 2.33. The number of allylic oxidation sites excluding steroid dienone is 1. The lowest BCUT2D eigenvalue weighted by atomic mass is 9.94. The van der Waals surface area contributed by atoms with Crippen molar-refractivity contribution in [3.05, 3.63) is 76.3 Å². The summed E-state index contributed by atoms with van der Waals surface area (Å²) in [7, 11) is 0. The molecule has 94 valence electrons. The Bertz CT molecular complexity index is 603. The van der Waals surface area contributed by atoms with Crippen molar-refractivity contribution in [3.63, 3.8) is 0 Å². The lowest BCUT2D eigenvalue weighted by molar-refractivity contribution is -0.109. The Morgan fingerprint density at radius 3 is 1.84 bits per heavy atom. The van der Waals surface area contributed by atoms with Gasteiger partial charge in [-0.3, -0.25) is 9.59 Å². The Morgan fingerprint density at radius 2 is 1.32 bits per heavy atom. The highest BCUT2D eigenvalue weighted by molar-refractivity contribution is 6.30. The third kappa shape index (κ3) is 2.98. The fraction of sp³-hybridized carbons (Fsp3) is 0. The predicted molar refractivity (Wildman–Crippen MR) is 76.0 cm³/mol. The molecule has 0 bridgehead atoms. The number of carbonyl (C=O) groups excluding carboxylic acids is 2. The first-order valence-corrected chi connectivity index (χ1v) is 6.10. The summed E-state index contributed by atoms with van der Waals surface area (Å²) < 4.78 is 0. The van der Waals surface area contributed by atoms with Crippen LogP contribution >= 0.6 is 11.6 Å². The average Bonchev–Trinajstić information content (AvgIpc) is 2.47. The van der Waals surface area contributed by atoms with E-state index in [1.807, 2.05) is 30.3 Å². The van der Waals surface area contributed by atoms with Crippen LogP contribution in [0.5, 0.6) is 0 Å². The second-order valence-corrected chi connectivity index (χ2v) is 4.38. The minimum Gasteiger partial charge on any atom is -0.298 e. The quantitative estimate of drug-likeness (QED) is 0.369. The summed E-state index contributed by atoms with van der Waals surface area (Å²) in [4.78, 5) is 22.2. The van der Waals surface area contributed by atoms with E-state index >= 15 is 0 Å². The van der Waals surface area contributed by atoms with Crippen LogP contribution in [0.15, 0.2) is 60.2 Å². The lowest BCUT2D eigenvalue weighted by Gasteiger charge is -2.09. The van der Waals surface area contributed by atoms with Crippen molar-refractivity contribution in [2.75, 3.05) is 0 Å². The van der Waals surface area contributed by atoms with Gasteiger partial charge in [-0.1, -0.05) is 54.1 Å². The fourth-order valence-electron chi connectivity index (χ4n) is 1.87. The minimum atomic E-state index is 0.119. The molecule has 19 heavy (non-hydrogen) atoms. The van der Waals surface area contributed by atoms with Crippen molar-refractivity contribution in [1.82, 2.24) is 0 Å². The van der Waals surface area contributed by atoms with Gasteiger partial charge in [-0.25, -0.2) is 0 Å². The average molecular weight is 271 g/mol. The molecule has 0 saturated carbocycles. The molecule has 0 aliphatic carbocycles. The maximum Gasteiger partial charge on any atom is 0.153 e. The molecule has 0 heterocycles. The first-order valence-electron chi connectivity index (χ1n) is 5.72. The van der Waals surface area contributed by atoms with Crippen molar-refractivity contribution in [2.24, 2.45) is 0 Å². The van der Waals surface area contributed by atoms with Gasteiger partial charge in [0.25, 0.3) is 0 Å². The molecule has 0 atom stereocenters. The van der Waals surface area contributed by atoms with E-state index in [1.165, 1.54) is 0 Å². The molecular formula is C16H11ClO2. The highest BCUT2D eigenvalue weighted by atomic mass is 35.5. The topological polar surface area (TPSA) is 34.1 Å². The molecule has 0 aromatic heterocycles. The van der Waals surface area contributed by atoms with E-state index in [9.17, 15) is 9.59 Å². The van der Waals surface area contributed by atoms with Crippen LogP contribution in [0.3, 0.4) is 0 Å². The van der Waals surface area contributed by atoms with Crippen LogP contribution < -0.4 is 0 Å². The lowest BCUT2D eigenvalue weighted by Crippen LogP contribution is -1.97. The van der Waals surface area contributed by atoms with E-state index < -0.39 is 0 Å². The Balaban J connectivity index is 2.65. The largest absolute Gasteiger partial charge is 0.298 e. The highest BCUT2D eigenvalue weighted by Gasteiger charge is 2.10. The van der Waals surface area contributed by atoms with Crippen LogP contribution in [-0.2, 0) is 9.59 Å². The molecule has 0 aliphatic heterocycles. The number of halogens is 1. The molecule has 0 amide bonds. The van der Waals surface area contributed by atoms with Gasteiger partial charge in [0, 0.05) is 10.6 Å². The maximum absolute atomic E-state index is 11.1. The summed E-state index contributed by atoms with van der Waals surface area (Å²) in [6.45, 7) is 0. The van der Waals surface area contributed by atoms with Crippen LogP contribution in [0.1, 0.15) is 11.1 Å². The van der Waals surface area contributed by atoms with Gasteiger partial charge in [0.2, 0.25) is 0 Å². The molecule has 0 fully saturated rings. The van der Waals surface area contributed by atoms with Gasteiger partial charge in [-0.05, 0) is 23.3 Å². The number of hydrogen-bond donors (Lipinski definition) is 0. The molecule has 2 aromatic rings. The summed E-state index contributed by atoms with van der Waals surface area (Å²) >= 11 is 5.85. The van der Waals surface area contributed by atoms with Crippen LogP contribution in [-0.4, -0.2) is 12.6 Å². The molecule has 0 aliphatic rings. The van der Waals surface area contributed by atoms with Gasteiger partial charge in [0.05, 0.1) is 5.57 Å². The van der Waals surface area contributed by atoms with Crippen molar-refractivity contribution in [3.8, 4) is 0 Å². The van der Waals surface area contributed by atoms with E-state index in [0.29, 0.717) is 23.2 Å². The molecule has 0 N–H and O–H groups in total. The van der Waals surface area contributed by atoms with Gasteiger partial charge in [-0.2, -0.15) is 0 Å². The number of carbonyl (C=O) groups is 2. The molecule has 2 nitrogen and oxygen atoms in total. The molecule has 0 radical (unpaired) electrons. The zero-order valence-electron chi connectivity index (χ0n) is 10.0. The Morgan fingerprint density at radius 1 is 0.789 bits per heavy atom. The van der Waals surface area contributed by atoms with Gasteiger partial charge in [-0.15, -0.1) is 0 Å². The molecule has 0 spiro atoms. The first-order chi connectivity index (χ1) is 9.26. The third-order valence-corrected chi connectivity index (χ3v) is 2.99. The maximum atomic E-state index is 11.1. The van der Waals surface area contributed by atoms with E-state index in [4.69, 9.17) is 11.6 Å². The van der Waals surface area contributed by atoms with Crippen molar-refractivity contribution in [1.29, 1.82) is 0 Å². The summed E-state index contributed by atoms with van der Waals surface area (Å²) in [5.74, 6) is 0. The van der Waals surface area contributed by atoms with Crippen LogP contribution in [0.25, 0.3) is 5.57 Å². The Hall–Kier alpha value is -2.19. The summed E-state index contributed by atoms with van der Waals surface area (Å²) in [6, 6.07) is 16.4. The SMILES string of the molecule is O=CC(C=O)=C(c1ccccc1)c1ccc(Cl)cc1. The number of hydrogen-bond acceptors (Lipinski definition) is 2. The minimum absolute atomic E-state index is 0.119. The van der Waals surface area contributed by atoms with E-state index in [1.54, 1.807) is 24.3 Å². The predicted octanol–water partition coefficient (Wildman–Crippen LogP) is 3.54. The van der Waals surface area contributed by atoms with Gasteiger partial charge >= 0.3 is 0 Å². The molecule has 0 saturated heterocycles. The van der Waals surface area contributed by atoms with Crippen molar-refractivity contribution in [2.45, 2.75) is 0 Å². The van der Waals surface area contributed by atoms with Crippen LogP contribution in [0, 0.1) is 0 Å².